The van der Waals surface area contributed by atoms with Crippen molar-refractivity contribution in [3.8, 4) is 11.5 Å². The molecule has 2 saturated heterocycles. The van der Waals surface area contributed by atoms with Gasteiger partial charge in [-0.2, -0.15) is 9.40 Å². The van der Waals surface area contributed by atoms with Crippen molar-refractivity contribution in [2.75, 3.05) is 26.2 Å². The zero-order valence-corrected chi connectivity index (χ0v) is 16.3. The molecule has 0 saturated carbocycles. The fraction of sp³-hybridized carbons (Fsp3) is 0.556. The van der Waals surface area contributed by atoms with Crippen LogP contribution in [0, 0.1) is 5.92 Å². The molecule has 1 amide bonds. The molecule has 2 aliphatic rings. The van der Waals surface area contributed by atoms with Crippen LogP contribution in [-0.2, 0) is 19.6 Å². The van der Waals surface area contributed by atoms with Gasteiger partial charge >= 0.3 is 0 Å². The zero-order chi connectivity index (χ0) is 19.6. The van der Waals surface area contributed by atoms with Crippen molar-refractivity contribution in [2.45, 2.75) is 36.9 Å². The highest BCUT2D eigenvalue weighted by Gasteiger charge is 2.35. The number of carbonyl (C=O) groups is 1. The second-order valence-corrected chi connectivity index (χ2v) is 9.04. The lowest BCUT2D eigenvalue weighted by atomic mass is 9.99. The molecule has 28 heavy (non-hydrogen) atoms. The maximum Gasteiger partial charge on any atom is 0.276 e. The summed E-state index contributed by atoms with van der Waals surface area (Å²) in [6, 6.07) is 4.73. The van der Waals surface area contributed by atoms with Gasteiger partial charge in [0.05, 0.1) is 12.0 Å². The van der Waals surface area contributed by atoms with E-state index in [2.05, 4.69) is 15.5 Å². The molecule has 2 atom stereocenters. The maximum absolute atomic E-state index is 13.0. The molecule has 0 radical (unpaired) electrons. The number of furan rings is 1. The predicted molar refractivity (Wildman–Crippen MR) is 99.8 cm³/mol. The first-order valence-corrected chi connectivity index (χ1v) is 11.0. The van der Waals surface area contributed by atoms with Crippen LogP contribution in [0.2, 0.25) is 0 Å². The lowest BCUT2D eigenvalue weighted by Crippen LogP contribution is -2.46. The number of hydrogen-bond acceptors (Lipinski definition) is 6. The molecule has 2 N–H and O–H groups in total. The fourth-order valence-corrected chi connectivity index (χ4v) is 5.10. The minimum absolute atomic E-state index is 0.0661. The third-order valence-corrected chi connectivity index (χ3v) is 6.96. The number of aromatic nitrogens is 2. The largest absolute Gasteiger partial charge is 0.442 e. The summed E-state index contributed by atoms with van der Waals surface area (Å²) in [6.07, 6.45) is 4.89. The molecule has 0 aliphatic carbocycles. The summed E-state index contributed by atoms with van der Waals surface area (Å²) in [5, 5.41) is 9.36. The molecule has 2 aromatic heterocycles. The van der Waals surface area contributed by atoms with Gasteiger partial charge in [0.2, 0.25) is 11.0 Å². The van der Waals surface area contributed by atoms with Crippen LogP contribution in [0.1, 0.15) is 25.7 Å². The molecule has 152 valence electrons. The Hall–Kier alpha value is -2.17. The van der Waals surface area contributed by atoms with E-state index in [0.717, 1.165) is 19.4 Å². The Morgan fingerprint density at radius 2 is 2.18 bits per heavy atom. The highest BCUT2D eigenvalue weighted by Crippen LogP contribution is 2.28. The molecule has 9 nitrogen and oxygen atoms in total. The first-order valence-electron chi connectivity index (χ1n) is 9.53. The number of aromatic amines is 1. The third-order valence-electron chi connectivity index (χ3n) is 5.22. The van der Waals surface area contributed by atoms with Crippen LogP contribution in [0.5, 0.6) is 0 Å². The highest BCUT2D eigenvalue weighted by atomic mass is 32.2. The van der Waals surface area contributed by atoms with Crippen molar-refractivity contribution < 1.29 is 22.4 Å². The number of nitrogens with zero attached hydrogens (tertiary/aromatic N) is 2. The van der Waals surface area contributed by atoms with Crippen LogP contribution in [0.15, 0.2) is 33.9 Å². The minimum atomic E-state index is -3.80. The van der Waals surface area contributed by atoms with Crippen LogP contribution in [0.4, 0.5) is 0 Å². The molecule has 2 fully saturated rings. The number of ether oxygens (including phenoxy) is 1. The van der Waals surface area contributed by atoms with Crippen molar-refractivity contribution in [1.29, 1.82) is 0 Å². The Labute approximate surface area is 163 Å². The summed E-state index contributed by atoms with van der Waals surface area (Å²) >= 11 is 0. The van der Waals surface area contributed by atoms with Gasteiger partial charge in [0, 0.05) is 32.4 Å². The van der Waals surface area contributed by atoms with E-state index < -0.39 is 10.0 Å². The molecule has 10 heteroatoms. The SMILES string of the molecule is O=C(NCC1CCCO1)C1CCCN(S(=O)(=O)c2ccc(-c3ccn[nH]3)o2)C1. The first-order chi connectivity index (χ1) is 13.5. The van der Waals surface area contributed by atoms with Gasteiger partial charge in [0.1, 0.15) is 5.69 Å². The summed E-state index contributed by atoms with van der Waals surface area (Å²) in [5.74, 6) is -0.0843. The Morgan fingerprint density at radius 3 is 2.93 bits per heavy atom. The molecular weight excluding hydrogens is 384 g/mol. The van der Waals surface area contributed by atoms with E-state index in [0.29, 0.717) is 37.4 Å². The minimum Gasteiger partial charge on any atom is -0.442 e. The van der Waals surface area contributed by atoms with Gasteiger partial charge in [-0.25, -0.2) is 8.42 Å². The van der Waals surface area contributed by atoms with Gasteiger partial charge in [0.25, 0.3) is 10.0 Å². The number of amides is 1. The zero-order valence-electron chi connectivity index (χ0n) is 15.5. The number of H-pyrrole nitrogens is 1. The Morgan fingerprint density at radius 1 is 1.29 bits per heavy atom. The molecule has 2 aliphatic heterocycles. The molecular formula is C18H24N4O5S. The van der Waals surface area contributed by atoms with Gasteiger partial charge in [-0.15, -0.1) is 0 Å². The molecule has 2 unspecified atom stereocenters. The van der Waals surface area contributed by atoms with E-state index in [-0.39, 0.29) is 29.6 Å². The topological polar surface area (TPSA) is 118 Å². The number of piperidine rings is 1. The van der Waals surface area contributed by atoms with E-state index in [1.807, 2.05) is 0 Å². The van der Waals surface area contributed by atoms with Crippen LogP contribution in [0.25, 0.3) is 11.5 Å². The second-order valence-electron chi connectivity index (χ2n) is 7.17. The van der Waals surface area contributed by atoms with Crippen LogP contribution in [0.3, 0.4) is 0 Å². The number of hydrogen-bond donors (Lipinski definition) is 2. The van der Waals surface area contributed by atoms with Gasteiger partial charge in [0.15, 0.2) is 5.76 Å². The van der Waals surface area contributed by atoms with Crippen molar-refractivity contribution in [2.24, 2.45) is 5.92 Å². The maximum atomic E-state index is 13.0. The summed E-state index contributed by atoms with van der Waals surface area (Å²) in [4.78, 5) is 12.5. The summed E-state index contributed by atoms with van der Waals surface area (Å²) in [6.45, 7) is 1.74. The van der Waals surface area contributed by atoms with Gasteiger partial charge in [-0.3, -0.25) is 9.89 Å². The average Bonchev–Trinajstić information content (AvgIpc) is 3.48. The Bertz CT molecular complexity index is 902. The summed E-state index contributed by atoms with van der Waals surface area (Å²) < 4.78 is 38.3. The molecule has 2 aromatic rings. The van der Waals surface area contributed by atoms with Gasteiger partial charge < -0.3 is 14.5 Å². The van der Waals surface area contributed by atoms with E-state index in [9.17, 15) is 13.2 Å². The molecule has 4 heterocycles. The smallest absolute Gasteiger partial charge is 0.276 e. The summed E-state index contributed by atoms with van der Waals surface area (Å²) in [7, 11) is -3.80. The third kappa shape index (κ3) is 3.98. The average molecular weight is 408 g/mol. The van der Waals surface area contributed by atoms with Crippen molar-refractivity contribution in [3.05, 3.63) is 24.4 Å². The monoisotopic (exact) mass is 408 g/mol. The quantitative estimate of drug-likeness (QED) is 0.745. The van der Waals surface area contributed by atoms with E-state index in [1.165, 1.54) is 10.4 Å². The lowest BCUT2D eigenvalue weighted by molar-refractivity contribution is -0.126. The molecule has 0 spiro atoms. The van der Waals surface area contributed by atoms with Crippen molar-refractivity contribution in [3.63, 3.8) is 0 Å². The molecule has 4 rings (SSSR count). The predicted octanol–water partition coefficient (Wildman–Crippen LogP) is 1.37. The summed E-state index contributed by atoms with van der Waals surface area (Å²) in [5.41, 5.74) is 0.603. The Kier molecular flexibility index (Phi) is 5.51. The fourth-order valence-electron chi connectivity index (χ4n) is 3.66. The standard InChI is InChI=1S/C18H24N4O5S/c23-18(19-11-14-4-2-10-26-14)13-3-1-9-22(12-13)28(24,25)17-6-5-16(27-17)15-7-8-20-21-15/h5-8,13-14H,1-4,9-12H2,(H,19,23)(H,20,21). The van der Waals surface area contributed by atoms with Crippen LogP contribution >= 0.6 is 0 Å². The number of sulfonamides is 1. The van der Waals surface area contributed by atoms with Crippen molar-refractivity contribution >= 4 is 15.9 Å². The highest BCUT2D eigenvalue weighted by molar-refractivity contribution is 7.89. The second kappa shape index (κ2) is 8.06. The van der Waals surface area contributed by atoms with E-state index in [4.69, 9.17) is 9.15 Å². The van der Waals surface area contributed by atoms with Crippen LogP contribution in [-0.4, -0.2) is 61.2 Å². The van der Waals surface area contributed by atoms with Gasteiger partial charge in [-0.05, 0) is 43.9 Å². The number of rotatable bonds is 6. The first kappa shape index (κ1) is 19.2. The molecule has 0 bridgehead atoms. The van der Waals surface area contributed by atoms with E-state index >= 15 is 0 Å². The Balaban J connectivity index is 1.41. The lowest BCUT2D eigenvalue weighted by Gasteiger charge is -2.30. The number of carbonyl (C=O) groups excluding carboxylic acids is 1. The van der Waals surface area contributed by atoms with E-state index in [1.54, 1.807) is 18.3 Å². The number of nitrogens with one attached hydrogen (secondary N) is 2. The van der Waals surface area contributed by atoms with Crippen LogP contribution < -0.4 is 5.32 Å². The molecule has 0 aromatic carbocycles. The van der Waals surface area contributed by atoms with Gasteiger partial charge in [-0.1, -0.05) is 0 Å². The normalized spacial score (nSPS) is 23.7. The van der Waals surface area contributed by atoms with Crippen molar-refractivity contribution in [1.82, 2.24) is 19.8 Å².